The molecule has 0 N–H and O–H groups in total. The van der Waals surface area contributed by atoms with Crippen LogP contribution in [0.15, 0.2) is 34.1 Å². The fraction of sp³-hybridized carbons (Fsp3) is 0.400. The van der Waals surface area contributed by atoms with Crippen LogP contribution in [-0.4, -0.2) is 15.6 Å². The van der Waals surface area contributed by atoms with Gasteiger partial charge in [0.1, 0.15) is 0 Å². The molecule has 1 aromatic rings. The largest absolute Gasteiger partial charge is 0.186 e. The summed E-state index contributed by atoms with van der Waals surface area (Å²) in [7, 11) is 0. The molecule has 0 atom stereocenters. The maximum Gasteiger partial charge on any atom is 0.0388 e. The van der Waals surface area contributed by atoms with E-state index < -0.39 is 0 Å². The van der Waals surface area contributed by atoms with Crippen molar-refractivity contribution in [2.45, 2.75) is 22.6 Å². The Balaban J connectivity index is 1.86. The van der Waals surface area contributed by atoms with E-state index in [1.165, 1.54) is 22.6 Å². The highest BCUT2D eigenvalue weighted by molar-refractivity contribution is 9.09. The van der Waals surface area contributed by atoms with Gasteiger partial charge >= 0.3 is 0 Å². The zero-order valence-corrected chi connectivity index (χ0v) is 11.0. The number of fused-ring (bicyclic) bond motifs is 1. The van der Waals surface area contributed by atoms with Crippen molar-refractivity contribution >= 4 is 39.8 Å². The number of rotatable bonds is 4. The SMILES string of the molecule is BrCCCCN1Sc2ccccc2S1. The van der Waals surface area contributed by atoms with Gasteiger partial charge in [-0.3, -0.25) is 0 Å². The Hall–Kier alpha value is 0.360. The average Bonchev–Trinajstić information content (AvgIpc) is 2.60. The molecule has 0 saturated heterocycles. The van der Waals surface area contributed by atoms with Crippen LogP contribution in [0.2, 0.25) is 0 Å². The molecule has 0 unspecified atom stereocenters. The molecule has 0 spiro atoms. The molecule has 4 heteroatoms. The minimum atomic E-state index is 1.11. The maximum atomic E-state index is 3.46. The van der Waals surface area contributed by atoms with Gasteiger partial charge in [0, 0.05) is 21.7 Å². The molecule has 2 rings (SSSR count). The summed E-state index contributed by atoms with van der Waals surface area (Å²) < 4.78 is 2.37. The second-order valence-electron chi connectivity index (χ2n) is 3.08. The summed E-state index contributed by atoms with van der Waals surface area (Å²) in [6.07, 6.45) is 2.52. The summed E-state index contributed by atoms with van der Waals surface area (Å²) in [4.78, 5) is 2.80. The van der Waals surface area contributed by atoms with Gasteiger partial charge in [-0.1, -0.05) is 28.1 Å². The molecule has 0 saturated carbocycles. The molecule has 1 aliphatic rings. The molecule has 1 nitrogen and oxygen atoms in total. The standard InChI is InChI=1S/C10H12BrNS2/c11-7-3-4-8-12-13-9-5-1-2-6-10(9)14-12/h1-2,5-6H,3-4,7-8H2. The lowest BCUT2D eigenvalue weighted by molar-refractivity contribution is 0.670. The topological polar surface area (TPSA) is 3.24 Å². The first-order valence-electron chi connectivity index (χ1n) is 4.68. The van der Waals surface area contributed by atoms with Crippen LogP contribution < -0.4 is 0 Å². The molecule has 0 bridgehead atoms. The van der Waals surface area contributed by atoms with E-state index in [0.29, 0.717) is 0 Å². The summed E-state index contributed by atoms with van der Waals surface area (Å²) in [5.41, 5.74) is 0. The van der Waals surface area contributed by atoms with E-state index in [0.717, 1.165) is 11.9 Å². The highest BCUT2D eigenvalue weighted by atomic mass is 79.9. The maximum absolute atomic E-state index is 3.46. The van der Waals surface area contributed by atoms with Gasteiger partial charge in [0.15, 0.2) is 0 Å². The molecule has 1 heterocycles. The quantitative estimate of drug-likeness (QED) is 0.465. The molecule has 0 aliphatic carbocycles. The number of benzene rings is 1. The van der Waals surface area contributed by atoms with Gasteiger partial charge in [-0.15, -0.1) is 0 Å². The van der Waals surface area contributed by atoms with Crippen LogP contribution in [-0.2, 0) is 0 Å². The Labute approximate surface area is 102 Å². The Bertz CT molecular complexity index is 281. The van der Waals surface area contributed by atoms with Crippen molar-refractivity contribution in [1.29, 1.82) is 0 Å². The van der Waals surface area contributed by atoms with Gasteiger partial charge in [0.25, 0.3) is 0 Å². The third-order valence-corrected chi connectivity index (χ3v) is 4.99. The molecule has 76 valence electrons. The van der Waals surface area contributed by atoms with Gasteiger partial charge < -0.3 is 0 Å². The smallest absolute Gasteiger partial charge is 0.0388 e. The minimum absolute atomic E-state index is 1.11. The summed E-state index contributed by atoms with van der Waals surface area (Å²) in [6, 6.07) is 8.59. The first kappa shape index (κ1) is 10.9. The van der Waals surface area contributed by atoms with Crippen LogP contribution in [0.4, 0.5) is 0 Å². The fourth-order valence-corrected chi connectivity index (χ4v) is 3.99. The van der Waals surface area contributed by atoms with Crippen molar-refractivity contribution in [3.63, 3.8) is 0 Å². The van der Waals surface area contributed by atoms with E-state index >= 15 is 0 Å². The van der Waals surface area contributed by atoms with Crippen molar-refractivity contribution in [3.8, 4) is 0 Å². The molecular weight excluding hydrogens is 278 g/mol. The Morgan fingerprint density at radius 3 is 2.29 bits per heavy atom. The van der Waals surface area contributed by atoms with Crippen molar-refractivity contribution < 1.29 is 0 Å². The number of unbranched alkanes of at least 4 members (excludes halogenated alkanes) is 1. The molecule has 0 radical (unpaired) electrons. The lowest BCUT2D eigenvalue weighted by Gasteiger charge is -2.10. The van der Waals surface area contributed by atoms with Gasteiger partial charge in [-0.25, -0.2) is 0 Å². The van der Waals surface area contributed by atoms with Crippen LogP contribution in [0.3, 0.4) is 0 Å². The van der Waals surface area contributed by atoms with E-state index in [2.05, 4.69) is 43.9 Å². The predicted octanol–water partition coefficient (Wildman–Crippen LogP) is 4.19. The van der Waals surface area contributed by atoms with Gasteiger partial charge in [-0.2, -0.15) is 3.71 Å². The summed E-state index contributed by atoms with van der Waals surface area (Å²) >= 11 is 7.19. The normalized spacial score (nSPS) is 15.8. The molecule has 0 fully saturated rings. The van der Waals surface area contributed by atoms with E-state index in [4.69, 9.17) is 0 Å². The Kier molecular flexibility index (Phi) is 4.23. The summed E-state index contributed by atoms with van der Waals surface area (Å²) in [5, 5.41) is 1.11. The van der Waals surface area contributed by atoms with E-state index in [1.807, 2.05) is 23.9 Å². The van der Waals surface area contributed by atoms with Crippen molar-refractivity contribution in [1.82, 2.24) is 3.71 Å². The highest BCUT2D eigenvalue weighted by Gasteiger charge is 2.19. The Morgan fingerprint density at radius 2 is 1.71 bits per heavy atom. The Morgan fingerprint density at radius 1 is 1.07 bits per heavy atom. The van der Waals surface area contributed by atoms with Crippen LogP contribution in [0.5, 0.6) is 0 Å². The van der Waals surface area contributed by atoms with Crippen molar-refractivity contribution in [3.05, 3.63) is 24.3 Å². The third-order valence-electron chi connectivity index (χ3n) is 1.97. The summed E-state index contributed by atoms with van der Waals surface area (Å²) in [5.74, 6) is 0. The molecule has 0 aromatic heterocycles. The second kappa shape index (κ2) is 5.45. The molecular formula is C10H12BrNS2. The first-order chi connectivity index (χ1) is 6.90. The van der Waals surface area contributed by atoms with Crippen molar-refractivity contribution in [2.24, 2.45) is 0 Å². The van der Waals surface area contributed by atoms with E-state index in [9.17, 15) is 0 Å². The number of hydrogen-bond donors (Lipinski definition) is 0. The molecule has 1 aromatic carbocycles. The van der Waals surface area contributed by atoms with Gasteiger partial charge in [0.05, 0.1) is 0 Å². The summed E-state index contributed by atoms with van der Waals surface area (Å²) in [6.45, 7) is 1.16. The predicted molar refractivity (Wildman–Crippen MR) is 67.9 cm³/mol. The van der Waals surface area contributed by atoms with Gasteiger partial charge in [0.2, 0.25) is 0 Å². The molecule has 14 heavy (non-hydrogen) atoms. The average molecular weight is 290 g/mol. The lowest BCUT2D eigenvalue weighted by atomic mass is 10.3. The van der Waals surface area contributed by atoms with E-state index in [-0.39, 0.29) is 0 Å². The number of alkyl halides is 1. The van der Waals surface area contributed by atoms with Crippen LogP contribution in [0.25, 0.3) is 0 Å². The van der Waals surface area contributed by atoms with Crippen molar-refractivity contribution in [2.75, 3.05) is 11.9 Å². The van der Waals surface area contributed by atoms with Crippen LogP contribution in [0.1, 0.15) is 12.8 Å². The zero-order valence-electron chi connectivity index (χ0n) is 7.78. The lowest BCUT2D eigenvalue weighted by Crippen LogP contribution is -2.03. The molecule has 1 aliphatic heterocycles. The monoisotopic (exact) mass is 289 g/mol. The number of hydrogen-bond acceptors (Lipinski definition) is 3. The molecule has 0 amide bonds. The second-order valence-corrected chi connectivity index (χ2v) is 6.23. The van der Waals surface area contributed by atoms with Gasteiger partial charge in [-0.05, 0) is 48.9 Å². The first-order valence-corrected chi connectivity index (χ1v) is 7.35. The fourth-order valence-electron chi connectivity index (χ4n) is 1.27. The highest BCUT2D eigenvalue weighted by Crippen LogP contribution is 2.45. The van der Waals surface area contributed by atoms with Crippen LogP contribution >= 0.6 is 39.8 Å². The minimum Gasteiger partial charge on any atom is -0.186 e. The van der Waals surface area contributed by atoms with E-state index in [1.54, 1.807) is 0 Å². The third kappa shape index (κ3) is 2.69. The number of nitrogens with zero attached hydrogens (tertiary/aromatic N) is 1. The zero-order chi connectivity index (χ0) is 9.80. The number of halogens is 1. The van der Waals surface area contributed by atoms with Crippen LogP contribution in [0, 0.1) is 0 Å².